The Morgan fingerprint density at radius 1 is 1.14 bits per heavy atom. The molecule has 0 unspecified atom stereocenters. The second-order valence-corrected chi connectivity index (χ2v) is 8.62. The Bertz CT molecular complexity index is 1030. The lowest BCUT2D eigenvalue weighted by atomic mass is 9.99. The Morgan fingerprint density at radius 3 is 2.62 bits per heavy atom. The smallest absolute Gasteiger partial charge is 0.342 e. The molecule has 0 saturated heterocycles. The molecule has 7 nitrogen and oxygen atoms in total. The predicted octanol–water partition coefficient (Wildman–Crippen LogP) is 2.84. The van der Waals surface area contributed by atoms with Crippen LogP contribution in [0.2, 0.25) is 0 Å². The molecule has 1 heterocycles. The van der Waals surface area contributed by atoms with Crippen molar-refractivity contribution in [3.05, 3.63) is 59.2 Å². The van der Waals surface area contributed by atoms with Gasteiger partial charge in [0.1, 0.15) is 11.3 Å². The maximum absolute atomic E-state index is 12.5. The molecular formula is C21H23NO6S. The minimum atomic E-state index is -3.37. The molecule has 0 spiro atoms. The molecule has 0 aliphatic carbocycles. The maximum atomic E-state index is 12.5. The molecule has 0 bridgehead atoms. The van der Waals surface area contributed by atoms with Crippen LogP contribution < -0.4 is 9.04 Å². The summed E-state index contributed by atoms with van der Waals surface area (Å²) in [5.41, 5.74) is 2.03. The molecule has 154 valence electrons. The summed E-state index contributed by atoms with van der Waals surface area (Å²) in [4.78, 5) is 24.8. The minimum Gasteiger partial charge on any atom is -0.493 e. The second-order valence-electron chi connectivity index (χ2n) is 6.71. The molecule has 1 aliphatic heterocycles. The first-order valence-electron chi connectivity index (χ1n) is 9.34. The number of Topliss-reactive ketones (excluding diaryl/α,β-unsaturated/α-hetero) is 1. The predicted molar refractivity (Wildman–Crippen MR) is 109 cm³/mol. The highest BCUT2D eigenvalue weighted by Crippen LogP contribution is 2.30. The molecule has 0 amide bonds. The number of ether oxygens (including phenoxy) is 2. The summed E-state index contributed by atoms with van der Waals surface area (Å²) in [6.07, 6.45) is 2.53. The Morgan fingerprint density at radius 2 is 1.90 bits per heavy atom. The van der Waals surface area contributed by atoms with Crippen molar-refractivity contribution in [3.8, 4) is 5.75 Å². The van der Waals surface area contributed by atoms with Crippen molar-refractivity contribution in [2.45, 2.75) is 19.8 Å². The number of hydrogen-bond acceptors (Lipinski definition) is 6. The normalized spacial score (nSPS) is 13.5. The van der Waals surface area contributed by atoms with Gasteiger partial charge in [0, 0.05) is 12.1 Å². The first kappa shape index (κ1) is 20.9. The van der Waals surface area contributed by atoms with Crippen molar-refractivity contribution in [1.29, 1.82) is 0 Å². The average molecular weight is 417 g/mol. The molecule has 2 aromatic carbocycles. The van der Waals surface area contributed by atoms with E-state index >= 15 is 0 Å². The van der Waals surface area contributed by atoms with E-state index in [1.54, 1.807) is 42.5 Å². The number of para-hydroxylation sites is 1. The van der Waals surface area contributed by atoms with Crippen LogP contribution in [0.3, 0.4) is 0 Å². The number of aryl methyl sites for hydroxylation is 1. The van der Waals surface area contributed by atoms with Crippen LogP contribution >= 0.6 is 0 Å². The van der Waals surface area contributed by atoms with Gasteiger partial charge in [-0.1, -0.05) is 12.1 Å². The van der Waals surface area contributed by atoms with E-state index in [0.717, 1.165) is 5.56 Å². The number of nitrogens with zero attached hydrogens (tertiary/aromatic N) is 1. The zero-order chi connectivity index (χ0) is 21.0. The third kappa shape index (κ3) is 4.76. The van der Waals surface area contributed by atoms with E-state index < -0.39 is 22.6 Å². The molecule has 1 aliphatic rings. The van der Waals surface area contributed by atoms with Crippen molar-refractivity contribution in [1.82, 2.24) is 0 Å². The molecule has 8 heteroatoms. The Hall–Kier alpha value is -2.87. The van der Waals surface area contributed by atoms with Gasteiger partial charge in [-0.25, -0.2) is 13.2 Å². The van der Waals surface area contributed by atoms with E-state index in [1.807, 2.05) is 6.92 Å². The fourth-order valence-electron chi connectivity index (χ4n) is 3.29. The van der Waals surface area contributed by atoms with Gasteiger partial charge in [0.25, 0.3) is 0 Å². The Labute approximate surface area is 170 Å². The fraction of sp³-hybridized carbons (Fsp3) is 0.333. The first-order valence-corrected chi connectivity index (χ1v) is 11.2. The summed E-state index contributed by atoms with van der Waals surface area (Å²) in [6, 6.07) is 11.6. The summed E-state index contributed by atoms with van der Waals surface area (Å²) in [7, 11) is -3.37. The lowest BCUT2D eigenvalue weighted by molar-refractivity contribution is 0.0471. The van der Waals surface area contributed by atoms with Crippen LogP contribution in [-0.2, 0) is 21.2 Å². The highest BCUT2D eigenvalue weighted by Gasteiger charge is 2.25. The van der Waals surface area contributed by atoms with Crippen molar-refractivity contribution in [2.75, 3.05) is 30.3 Å². The molecule has 2 aromatic rings. The number of sulfonamides is 1. The summed E-state index contributed by atoms with van der Waals surface area (Å²) < 4.78 is 35.8. The third-order valence-corrected chi connectivity index (χ3v) is 5.80. The SMILES string of the molecule is CCOc1ccccc1C(=O)OCC(=O)c1ccc2c(c1)CCCN2S(C)(=O)=O. The number of fused-ring (bicyclic) bond motifs is 1. The van der Waals surface area contributed by atoms with Crippen LogP contribution in [0.5, 0.6) is 5.75 Å². The Balaban J connectivity index is 1.71. The molecule has 0 radical (unpaired) electrons. The average Bonchev–Trinajstić information content (AvgIpc) is 2.70. The van der Waals surface area contributed by atoms with Crippen LogP contribution in [0.15, 0.2) is 42.5 Å². The number of carbonyl (C=O) groups is 2. The van der Waals surface area contributed by atoms with Gasteiger partial charge in [-0.3, -0.25) is 9.10 Å². The van der Waals surface area contributed by atoms with Crippen LogP contribution in [0.25, 0.3) is 0 Å². The first-order chi connectivity index (χ1) is 13.8. The molecule has 29 heavy (non-hydrogen) atoms. The molecule has 0 atom stereocenters. The molecule has 0 N–H and O–H groups in total. The third-order valence-electron chi connectivity index (χ3n) is 4.62. The summed E-state index contributed by atoms with van der Waals surface area (Å²) in [5.74, 6) is -0.586. The standard InChI is InChI=1S/C21H23NO6S/c1-3-27-20-9-5-4-8-17(20)21(24)28-14-19(23)16-10-11-18-15(13-16)7-6-12-22(18)29(2,25)26/h4-5,8-11,13H,3,6-7,12,14H2,1-2H3. The largest absolute Gasteiger partial charge is 0.493 e. The number of benzene rings is 2. The van der Waals surface area contributed by atoms with Crippen LogP contribution in [-0.4, -0.2) is 46.2 Å². The summed E-state index contributed by atoms with van der Waals surface area (Å²) in [5, 5.41) is 0. The van der Waals surface area contributed by atoms with Gasteiger partial charge >= 0.3 is 5.97 Å². The van der Waals surface area contributed by atoms with Gasteiger partial charge in [0.2, 0.25) is 10.0 Å². The Kier molecular flexibility index (Phi) is 6.22. The summed E-state index contributed by atoms with van der Waals surface area (Å²) in [6.45, 7) is 2.24. The van der Waals surface area contributed by atoms with Gasteiger partial charge in [-0.05, 0) is 55.7 Å². The quantitative estimate of drug-likeness (QED) is 0.508. The minimum absolute atomic E-state index is 0.261. The summed E-state index contributed by atoms with van der Waals surface area (Å²) >= 11 is 0. The molecule has 0 saturated carbocycles. The van der Waals surface area contributed by atoms with Gasteiger partial charge in [0.05, 0.1) is 18.6 Å². The molecular weight excluding hydrogens is 394 g/mol. The van der Waals surface area contributed by atoms with Gasteiger partial charge in [-0.15, -0.1) is 0 Å². The van der Waals surface area contributed by atoms with Crippen LogP contribution in [0, 0.1) is 0 Å². The monoisotopic (exact) mass is 417 g/mol. The topological polar surface area (TPSA) is 90.0 Å². The van der Waals surface area contributed by atoms with Crippen molar-refractivity contribution < 1.29 is 27.5 Å². The van der Waals surface area contributed by atoms with E-state index in [2.05, 4.69) is 0 Å². The number of esters is 1. The van der Waals surface area contributed by atoms with E-state index in [9.17, 15) is 18.0 Å². The number of carbonyl (C=O) groups excluding carboxylic acids is 2. The highest BCUT2D eigenvalue weighted by molar-refractivity contribution is 7.92. The van der Waals surface area contributed by atoms with Crippen molar-refractivity contribution in [3.63, 3.8) is 0 Å². The van der Waals surface area contributed by atoms with E-state index in [-0.39, 0.29) is 11.3 Å². The lowest BCUT2D eigenvalue weighted by Crippen LogP contribution is -2.34. The van der Waals surface area contributed by atoms with E-state index in [1.165, 1.54) is 10.6 Å². The number of ketones is 1. The van der Waals surface area contributed by atoms with Crippen LogP contribution in [0.1, 0.15) is 39.6 Å². The zero-order valence-corrected chi connectivity index (χ0v) is 17.2. The number of anilines is 1. The van der Waals surface area contributed by atoms with E-state index in [4.69, 9.17) is 9.47 Å². The zero-order valence-electron chi connectivity index (χ0n) is 16.4. The second kappa shape index (κ2) is 8.65. The van der Waals surface area contributed by atoms with Crippen LogP contribution in [0.4, 0.5) is 5.69 Å². The maximum Gasteiger partial charge on any atom is 0.342 e. The lowest BCUT2D eigenvalue weighted by Gasteiger charge is -2.29. The van der Waals surface area contributed by atoms with E-state index in [0.29, 0.717) is 43.0 Å². The van der Waals surface area contributed by atoms with Gasteiger partial charge in [-0.2, -0.15) is 0 Å². The van der Waals surface area contributed by atoms with Crippen molar-refractivity contribution >= 4 is 27.5 Å². The van der Waals surface area contributed by atoms with Gasteiger partial charge < -0.3 is 9.47 Å². The van der Waals surface area contributed by atoms with Gasteiger partial charge in [0.15, 0.2) is 12.4 Å². The number of rotatable bonds is 7. The van der Waals surface area contributed by atoms with Crippen molar-refractivity contribution in [2.24, 2.45) is 0 Å². The molecule has 0 fully saturated rings. The molecule has 3 rings (SSSR count). The highest BCUT2D eigenvalue weighted by atomic mass is 32.2. The number of hydrogen-bond donors (Lipinski definition) is 0. The fourth-order valence-corrected chi connectivity index (χ4v) is 4.29. The molecule has 0 aromatic heterocycles.